The van der Waals surface area contributed by atoms with Crippen molar-refractivity contribution in [2.45, 2.75) is 46.0 Å². The molecule has 3 nitrogen and oxygen atoms in total. The van der Waals surface area contributed by atoms with Crippen LogP contribution in [0.25, 0.3) is 0 Å². The highest BCUT2D eigenvalue weighted by molar-refractivity contribution is 5.59. The van der Waals surface area contributed by atoms with Gasteiger partial charge in [-0.1, -0.05) is 31.9 Å². The Balaban J connectivity index is 2.15. The first kappa shape index (κ1) is 17.8. The summed E-state index contributed by atoms with van der Waals surface area (Å²) in [6.07, 6.45) is 3.26. The number of fused-ring (bicyclic) bond motifs is 2. The molecule has 25 heavy (non-hydrogen) atoms. The predicted octanol–water partition coefficient (Wildman–Crippen LogP) is 5.35. The molecule has 2 aromatic rings. The number of aliphatic hydroxyl groups excluding tert-OH is 1. The first-order valence-corrected chi connectivity index (χ1v) is 9.16. The van der Waals surface area contributed by atoms with Crippen molar-refractivity contribution in [3.63, 3.8) is 0 Å². The minimum absolute atomic E-state index is 0.154. The summed E-state index contributed by atoms with van der Waals surface area (Å²) in [4.78, 5) is 0. The summed E-state index contributed by atoms with van der Waals surface area (Å²) in [5.74, 6) is 2.90. The van der Waals surface area contributed by atoms with Gasteiger partial charge in [-0.05, 0) is 49.4 Å². The van der Waals surface area contributed by atoms with Gasteiger partial charge in [0.25, 0.3) is 0 Å². The van der Waals surface area contributed by atoms with Gasteiger partial charge < -0.3 is 14.6 Å². The third-order valence-electron chi connectivity index (χ3n) is 5.21. The molecule has 0 radical (unpaired) electrons. The maximum atomic E-state index is 10.1. The van der Waals surface area contributed by atoms with E-state index in [4.69, 9.17) is 9.47 Å². The quantitative estimate of drug-likeness (QED) is 0.770. The zero-order valence-electron chi connectivity index (χ0n) is 15.6. The van der Waals surface area contributed by atoms with Crippen LogP contribution in [0.1, 0.15) is 54.4 Å². The molecule has 1 heterocycles. The van der Waals surface area contributed by atoms with E-state index < -0.39 is 0 Å². The van der Waals surface area contributed by atoms with Crippen LogP contribution in [0.2, 0.25) is 0 Å². The Labute approximate surface area is 150 Å². The largest absolute Gasteiger partial charge is 0.497 e. The van der Waals surface area contributed by atoms with E-state index in [1.165, 1.54) is 16.7 Å². The Morgan fingerprint density at radius 1 is 1.16 bits per heavy atom. The second kappa shape index (κ2) is 7.49. The van der Waals surface area contributed by atoms with Crippen molar-refractivity contribution in [3.8, 4) is 17.2 Å². The molecule has 2 aromatic carbocycles. The zero-order chi connectivity index (χ0) is 18.0. The topological polar surface area (TPSA) is 38.7 Å². The fourth-order valence-corrected chi connectivity index (χ4v) is 4.00. The van der Waals surface area contributed by atoms with E-state index in [-0.39, 0.29) is 18.4 Å². The van der Waals surface area contributed by atoms with E-state index in [1.807, 2.05) is 12.1 Å². The third kappa shape index (κ3) is 3.38. The Hall–Kier alpha value is -2.00. The van der Waals surface area contributed by atoms with Crippen molar-refractivity contribution >= 4 is 0 Å². The van der Waals surface area contributed by atoms with E-state index in [9.17, 15) is 5.11 Å². The molecule has 3 rings (SSSR count). The maximum Gasteiger partial charge on any atom is 0.134 e. The number of benzene rings is 2. The molecule has 134 valence electrons. The average Bonchev–Trinajstić information content (AvgIpc) is 2.60. The average molecular weight is 340 g/mol. The van der Waals surface area contributed by atoms with Gasteiger partial charge in [-0.25, -0.2) is 0 Å². The number of unbranched alkanes of at least 4 members (excludes halogenated alkanes) is 1. The van der Waals surface area contributed by atoms with E-state index in [1.54, 1.807) is 7.11 Å². The van der Waals surface area contributed by atoms with Crippen molar-refractivity contribution in [1.29, 1.82) is 0 Å². The Kier molecular flexibility index (Phi) is 5.33. The minimum Gasteiger partial charge on any atom is -0.497 e. The SMILES string of the molecule is CCCC[C@@H](CO)[C@H]1c2ccc(OC)cc2Oc2cc(C)cc(C)c21. The van der Waals surface area contributed by atoms with Crippen LogP contribution in [0.15, 0.2) is 30.3 Å². The first-order chi connectivity index (χ1) is 12.1. The van der Waals surface area contributed by atoms with E-state index in [2.05, 4.69) is 39.0 Å². The van der Waals surface area contributed by atoms with Gasteiger partial charge in [0.15, 0.2) is 0 Å². The van der Waals surface area contributed by atoms with Crippen LogP contribution in [0.4, 0.5) is 0 Å². The molecule has 3 heteroatoms. The Bertz CT molecular complexity index is 751. The summed E-state index contributed by atoms with van der Waals surface area (Å²) in [6, 6.07) is 10.3. The van der Waals surface area contributed by atoms with Crippen LogP contribution in [0, 0.1) is 19.8 Å². The summed E-state index contributed by atoms with van der Waals surface area (Å²) in [6.45, 7) is 6.61. The number of aryl methyl sites for hydroxylation is 2. The molecule has 0 fully saturated rings. The van der Waals surface area contributed by atoms with E-state index in [0.29, 0.717) is 0 Å². The lowest BCUT2D eigenvalue weighted by atomic mass is 9.75. The van der Waals surface area contributed by atoms with Crippen LogP contribution >= 0.6 is 0 Å². The van der Waals surface area contributed by atoms with Crippen molar-refractivity contribution in [1.82, 2.24) is 0 Å². The van der Waals surface area contributed by atoms with Gasteiger partial charge in [0.1, 0.15) is 17.2 Å². The molecule has 0 aromatic heterocycles. The van der Waals surface area contributed by atoms with Crippen molar-refractivity contribution < 1.29 is 14.6 Å². The first-order valence-electron chi connectivity index (χ1n) is 9.16. The van der Waals surface area contributed by atoms with Crippen LogP contribution in [-0.2, 0) is 0 Å². The predicted molar refractivity (Wildman–Crippen MR) is 101 cm³/mol. The second-order valence-corrected chi connectivity index (χ2v) is 7.06. The molecule has 0 saturated carbocycles. The smallest absolute Gasteiger partial charge is 0.134 e. The molecule has 0 amide bonds. The van der Waals surface area contributed by atoms with Crippen LogP contribution in [0.3, 0.4) is 0 Å². The van der Waals surface area contributed by atoms with Gasteiger partial charge in [-0.3, -0.25) is 0 Å². The van der Waals surface area contributed by atoms with Crippen molar-refractivity contribution in [2.75, 3.05) is 13.7 Å². The lowest BCUT2D eigenvalue weighted by molar-refractivity contribution is 0.198. The molecule has 0 aliphatic carbocycles. The van der Waals surface area contributed by atoms with Gasteiger partial charge in [0.05, 0.1) is 7.11 Å². The maximum absolute atomic E-state index is 10.1. The molecular formula is C22H28O3. The normalized spacial score (nSPS) is 16.6. The van der Waals surface area contributed by atoms with Gasteiger partial charge in [-0.2, -0.15) is 0 Å². The molecule has 1 aliphatic heterocycles. The van der Waals surface area contributed by atoms with Crippen LogP contribution in [0.5, 0.6) is 17.2 Å². The molecule has 1 N–H and O–H groups in total. The molecule has 1 aliphatic rings. The van der Waals surface area contributed by atoms with Crippen LogP contribution in [-0.4, -0.2) is 18.8 Å². The van der Waals surface area contributed by atoms with Gasteiger partial charge in [-0.15, -0.1) is 0 Å². The number of hydrogen-bond acceptors (Lipinski definition) is 3. The lowest BCUT2D eigenvalue weighted by Crippen LogP contribution is -2.23. The number of rotatable bonds is 6. The highest BCUT2D eigenvalue weighted by atomic mass is 16.5. The highest BCUT2D eigenvalue weighted by Gasteiger charge is 2.34. The van der Waals surface area contributed by atoms with E-state index in [0.717, 1.165) is 42.1 Å². The Morgan fingerprint density at radius 3 is 2.64 bits per heavy atom. The molecule has 0 unspecified atom stereocenters. The standard InChI is InChI=1S/C22H28O3/c1-5-6-7-16(13-23)22-18-9-8-17(24-4)12-19(18)25-20-11-14(2)10-15(3)21(20)22/h8-12,16,22-23H,5-7,13H2,1-4H3/t16-,22-/m0/s1. The summed E-state index contributed by atoms with van der Waals surface area (Å²) in [5, 5.41) is 10.1. The van der Waals surface area contributed by atoms with E-state index >= 15 is 0 Å². The van der Waals surface area contributed by atoms with Gasteiger partial charge in [0, 0.05) is 29.7 Å². The van der Waals surface area contributed by atoms with Crippen LogP contribution < -0.4 is 9.47 Å². The molecule has 0 bridgehead atoms. The number of hydrogen-bond donors (Lipinski definition) is 1. The van der Waals surface area contributed by atoms with Gasteiger partial charge >= 0.3 is 0 Å². The third-order valence-corrected chi connectivity index (χ3v) is 5.21. The zero-order valence-corrected chi connectivity index (χ0v) is 15.6. The number of ether oxygens (including phenoxy) is 2. The van der Waals surface area contributed by atoms with Gasteiger partial charge in [0.2, 0.25) is 0 Å². The number of methoxy groups -OCH3 is 1. The van der Waals surface area contributed by atoms with Crippen molar-refractivity contribution in [3.05, 3.63) is 52.6 Å². The monoisotopic (exact) mass is 340 g/mol. The minimum atomic E-state index is 0.154. The fraction of sp³-hybridized carbons (Fsp3) is 0.455. The summed E-state index contributed by atoms with van der Waals surface area (Å²) in [5.41, 5.74) is 4.79. The summed E-state index contributed by atoms with van der Waals surface area (Å²) in [7, 11) is 1.67. The molecule has 0 spiro atoms. The second-order valence-electron chi connectivity index (χ2n) is 7.06. The number of aliphatic hydroxyl groups is 1. The molecule has 2 atom stereocenters. The highest BCUT2D eigenvalue weighted by Crippen LogP contribution is 2.50. The summed E-state index contributed by atoms with van der Waals surface area (Å²) < 4.78 is 11.6. The Morgan fingerprint density at radius 2 is 1.96 bits per heavy atom. The summed E-state index contributed by atoms with van der Waals surface area (Å²) >= 11 is 0. The van der Waals surface area contributed by atoms with Crippen molar-refractivity contribution in [2.24, 2.45) is 5.92 Å². The molecule has 0 saturated heterocycles. The lowest BCUT2D eigenvalue weighted by Gasteiger charge is -2.35. The molecular weight excluding hydrogens is 312 g/mol. The fourth-order valence-electron chi connectivity index (χ4n) is 4.00.